The third kappa shape index (κ3) is 2.38. The van der Waals surface area contributed by atoms with Gasteiger partial charge in [0, 0.05) is 0 Å². The second-order valence-corrected chi connectivity index (χ2v) is 5.42. The molecular weight excluding hydrogens is 305 g/mol. The Morgan fingerprint density at radius 2 is 1.91 bits per heavy atom. The topological polar surface area (TPSA) is 60.9 Å². The minimum atomic E-state index is -0.471. The van der Waals surface area contributed by atoms with Crippen LogP contribution in [-0.4, -0.2) is 9.55 Å². The van der Waals surface area contributed by atoms with Gasteiger partial charge in [0.25, 0.3) is 5.56 Å². The van der Waals surface area contributed by atoms with E-state index < -0.39 is 6.04 Å². The summed E-state index contributed by atoms with van der Waals surface area (Å²) in [5, 5.41) is 0.639. The number of benzene rings is 2. The number of aromatic nitrogens is 2. The Morgan fingerprint density at radius 3 is 2.55 bits per heavy atom. The van der Waals surface area contributed by atoms with Gasteiger partial charge in [-0.2, -0.15) is 0 Å². The highest BCUT2D eigenvalue weighted by atomic mass is 35.5. The van der Waals surface area contributed by atoms with E-state index in [1.807, 2.05) is 0 Å². The molecule has 1 heterocycles. The first-order valence-electron chi connectivity index (χ1n) is 6.71. The predicted octanol–water partition coefficient (Wildman–Crippen LogP) is 3.20. The van der Waals surface area contributed by atoms with Gasteiger partial charge in [-0.15, -0.1) is 0 Å². The molecule has 1 aromatic heterocycles. The second-order valence-electron chi connectivity index (χ2n) is 5.01. The molecule has 0 radical (unpaired) electrons. The van der Waals surface area contributed by atoms with Crippen LogP contribution in [0, 0.1) is 5.82 Å². The van der Waals surface area contributed by atoms with E-state index in [0.29, 0.717) is 27.4 Å². The van der Waals surface area contributed by atoms with Crippen molar-refractivity contribution >= 4 is 22.5 Å². The van der Waals surface area contributed by atoms with Crippen LogP contribution < -0.4 is 11.3 Å². The Kier molecular flexibility index (Phi) is 3.68. The standard InChI is InChI=1S/C16H13ClFN3O/c1-9(19)15-20-13-4-2-3-12(17)14(13)16(22)21(15)11-7-5-10(18)6-8-11/h2-9H,19H2,1H3/t9-/m0/s1. The summed E-state index contributed by atoms with van der Waals surface area (Å²) < 4.78 is 14.5. The summed E-state index contributed by atoms with van der Waals surface area (Å²) in [7, 11) is 0. The van der Waals surface area contributed by atoms with Crippen molar-refractivity contribution in [2.24, 2.45) is 5.73 Å². The summed E-state index contributed by atoms with van der Waals surface area (Å²) in [5.41, 5.74) is 6.61. The van der Waals surface area contributed by atoms with E-state index in [9.17, 15) is 9.18 Å². The molecule has 0 aliphatic heterocycles. The van der Waals surface area contributed by atoms with Crippen molar-refractivity contribution in [1.82, 2.24) is 9.55 Å². The fourth-order valence-corrected chi connectivity index (χ4v) is 2.60. The molecule has 6 heteroatoms. The van der Waals surface area contributed by atoms with Crippen LogP contribution in [0.5, 0.6) is 0 Å². The lowest BCUT2D eigenvalue weighted by molar-refractivity contribution is 0.626. The van der Waals surface area contributed by atoms with Gasteiger partial charge in [-0.1, -0.05) is 17.7 Å². The molecule has 0 fully saturated rings. The van der Waals surface area contributed by atoms with Crippen LogP contribution in [0.25, 0.3) is 16.6 Å². The molecule has 112 valence electrons. The predicted molar refractivity (Wildman–Crippen MR) is 84.9 cm³/mol. The number of nitrogens with two attached hydrogens (primary N) is 1. The summed E-state index contributed by atoms with van der Waals surface area (Å²) in [5.74, 6) is 0.0114. The van der Waals surface area contributed by atoms with Crippen molar-refractivity contribution in [3.05, 3.63) is 69.5 Å². The van der Waals surface area contributed by atoms with Crippen LogP contribution >= 0.6 is 11.6 Å². The van der Waals surface area contributed by atoms with Crippen molar-refractivity contribution < 1.29 is 4.39 Å². The van der Waals surface area contributed by atoms with E-state index in [0.717, 1.165) is 0 Å². The van der Waals surface area contributed by atoms with E-state index in [4.69, 9.17) is 17.3 Å². The number of hydrogen-bond donors (Lipinski definition) is 1. The summed E-state index contributed by atoms with van der Waals surface area (Å²) in [4.78, 5) is 17.3. The van der Waals surface area contributed by atoms with E-state index in [1.54, 1.807) is 25.1 Å². The zero-order valence-electron chi connectivity index (χ0n) is 11.8. The van der Waals surface area contributed by atoms with E-state index in [-0.39, 0.29) is 11.4 Å². The highest BCUT2D eigenvalue weighted by Crippen LogP contribution is 2.22. The smallest absolute Gasteiger partial charge is 0.267 e. The third-order valence-corrected chi connectivity index (χ3v) is 3.68. The SMILES string of the molecule is C[C@H](N)c1nc2cccc(Cl)c2c(=O)n1-c1ccc(F)cc1. The summed E-state index contributed by atoms with van der Waals surface area (Å²) >= 11 is 6.13. The van der Waals surface area contributed by atoms with Gasteiger partial charge in [0.15, 0.2) is 0 Å². The molecule has 0 bridgehead atoms. The van der Waals surface area contributed by atoms with Gasteiger partial charge in [-0.25, -0.2) is 9.37 Å². The number of hydrogen-bond acceptors (Lipinski definition) is 3. The number of rotatable bonds is 2. The minimum absolute atomic E-state index is 0.317. The number of halogens is 2. The largest absolute Gasteiger partial charge is 0.322 e. The molecule has 0 saturated heterocycles. The Labute approximate surface area is 131 Å². The van der Waals surface area contributed by atoms with Crippen LogP contribution in [0.3, 0.4) is 0 Å². The Morgan fingerprint density at radius 1 is 1.23 bits per heavy atom. The van der Waals surface area contributed by atoms with Gasteiger partial charge in [-0.3, -0.25) is 9.36 Å². The Balaban J connectivity index is 2.43. The molecule has 0 aliphatic rings. The molecule has 0 saturated carbocycles. The van der Waals surface area contributed by atoms with Crippen LogP contribution in [0.4, 0.5) is 4.39 Å². The van der Waals surface area contributed by atoms with Crippen LogP contribution in [-0.2, 0) is 0 Å². The maximum absolute atomic E-state index is 13.1. The van der Waals surface area contributed by atoms with Gasteiger partial charge >= 0.3 is 0 Å². The van der Waals surface area contributed by atoms with Gasteiger partial charge < -0.3 is 5.73 Å². The lowest BCUT2D eigenvalue weighted by Crippen LogP contribution is -2.27. The fraction of sp³-hybridized carbons (Fsp3) is 0.125. The number of fused-ring (bicyclic) bond motifs is 1. The van der Waals surface area contributed by atoms with Crippen molar-refractivity contribution in [2.45, 2.75) is 13.0 Å². The Bertz CT molecular complexity index is 904. The Hall–Kier alpha value is -2.24. The van der Waals surface area contributed by atoms with Crippen LogP contribution in [0.1, 0.15) is 18.8 Å². The first-order chi connectivity index (χ1) is 10.5. The van der Waals surface area contributed by atoms with Crippen molar-refractivity contribution in [3.63, 3.8) is 0 Å². The molecular formula is C16H13ClFN3O. The molecule has 0 aliphatic carbocycles. The van der Waals surface area contributed by atoms with Crippen molar-refractivity contribution in [2.75, 3.05) is 0 Å². The van der Waals surface area contributed by atoms with Gasteiger partial charge in [0.2, 0.25) is 0 Å². The monoisotopic (exact) mass is 317 g/mol. The van der Waals surface area contributed by atoms with Gasteiger partial charge in [0.1, 0.15) is 11.6 Å². The van der Waals surface area contributed by atoms with E-state index >= 15 is 0 Å². The fourth-order valence-electron chi connectivity index (χ4n) is 2.35. The van der Waals surface area contributed by atoms with Crippen molar-refractivity contribution in [3.8, 4) is 5.69 Å². The highest BCUT2D eigenvalue weighted by molar-refractivity contribution is 6.35. The molecule has 2 N–H and O–H groups in total. The van der Waals surface area contributed by atoms with Crippen molar-refractivity contribution in [1.29, 1.82) is 0 Å². The lowest BCUT2D eigenvalue weighted by Gasteiger charge is -2.16. The molecule has 0 amide bonds. The molecule has 2 aromatic carbocycles. The van der Waals surface area contributed by atoms with E-state index in [2.05, 4.69) is 4.98 Å². The lowest BCUT2D eigenvalue weighted by atomic mass is 10.2. The first-order valence-corrected chi connectivity index (χ1v) is 7.09. The number of nitrogens with zero attached hydrogens (tertiary/aromatic N) is 2. The molecule has 22 heavy (non-hydrogen) atoms. The zero-order chi connectivity index (χ0) is 15.9. The van der Waals surface area contributed by atoms with Gasteiger partial charge in [0.05, 0.1) is 27.7 Å². The van der Waals surface area contributed by atoms with Crippen LogP contribution in [0.2, 0.25) is 5.02 Å². The third-order valence-electron chi connectivity index (χ3n) is 3.36. The summed E-state index contributed by atoms with van der Waals surface area (Å²) in [6.07, 6.45) is 0. The molecule has 0 unspecified atom stereocenters. The quantitative estimate of drug-likeness (QED) is 0.789. The molecule has 3 rings (SSSR count). The minimum Gasteiger partial charge on any atom is -0.322 e. The first kappa shape index (κ1) is 14.7. The van der Waals surface area contributed by atoms with E-state index in [1.165, 1.54) is 28.8 Å². The van der Waals surface area contributed by atoms with Gasteiger partial charge in [-0.05, 0) is 43.3 Å². The average molecular weight is 318 g/mol. The maximum atomic E-state index is 13.1. The molecule has 3 aromatic rings. The summed E-state index contributed by atoms with van der Waals surface area (Å²) in [6, 6.07) is 10.2. The summed E-state index contributed by atoms with van der Waals surface area (Å²) in [6.45, 7) is 1.73. The molecule has 4 nitrogen and oxygen atoms in total. The second kappa shape index (κ2) is 5.51. The normalized spacial score (nSPS) is 12.5. The maximum Gasteiger partial charge on any atom is 0.267 e. The molecule has 0 spiro atoms. The van der Waals surface area contributed by atoms with Crippen LogP contribution in [0.15, 0.2) is 47.3 Å². The highest BCUT2D eigenvalue weighted by Gasteiger charge is 2.17. The molecule has 1 atom stereocenters. The average Bonchev–Trinajstić information content (AvgIpc) is 2.48. The zero-order valence-corrected chi connectivity index (χ0v) is 12.5.